The van der Waals surface area contributed by atoms with Gasteiger partial charge in [0.2, 0.25) is 0 Å². The second-order valence-electron chi connectivity index (χ2n) is 16.8. The van der Waals surface area contributed by atoms with Gasteiger partial charge in [0.1, 0.15) is 12.2 Å². The molecule has 12 heteroatoms. The van der Waals surface area contributed by atoms with Crippen LogP contribution in [0.3, 0.4) is 0 Å². The van der Waals surface area contributed by atoms with E-state index in [4.69, 9.17) is 14.2 Å². The second-order valence-corrected chi connectivity index (χ2v) is 16.8. The first-order chi connectivity index (χ1) is 20.2. The SMILES string of the molecule is CCC(C)(C)N(O)C(C)(C)CCOC(=O)C(CC(=O)OC1CC(C)(C)N(O)C(C)(C)C1)C(=O)OC1CC(C)(C)N(O)C(C)(C)C1. The third-order valence-electron chi connectivity index (χ3n) is 9.69. The summed E-state index contributed by atoms with van der Waals surface area (Å²) in [6.45, 7) is 24.1. The zero-order valence-corrected chi connectivity index (χ0v) is 30.0. The third-order valence-corrected chi connectivity index (χ3v) is 9.69. The van der Waals surface area contributed by atoms with E-state index in [-0.39, 0.29) is 13.0 Å². The van der Waals surface area contributed by atoms with Crippen molar-refractivity contribution in [2.45, 2.75) is 180 Å². The number of nitrogens with zero attached hydrogens (tertiary/aromatic N) is 3. The predicted molar refractivity (Wildman–Crippen MR) is 168 cm³/mol. The van der Waals surface area contributed by atoms with E-state index in [1.807, 2.05) is 90.0 Å². The van der Waals surface area contributed by atoms with E-state index in [9.17, 15) is 30.0 Å². The van der Waals surface area contributed by atoms with Gasteiger partial charge in [0, 0.05) is 65.3 Å². The summed E-state index contributed by atoms with van der Waals surface area (Å²) in [7, 11) is 0. The summed E-state index contributed by atoms with van der Waals surface area (Å²) >= 11 is 0. The van der Waals surface area contributed by atoms with Crippen molar-refractivity contribution < 1.29 is 44.2 Å². The minimum absolute atomic E-state index is 0.0954. The van der Waals surface area contributed by atoms with Gasteiger partial charge in [0.05, 0.1) is 13.0 Å². The monoisotopic (exact) mass is 643 g/mol. The van der Waals surface area contributed by atoms with Crippen molar-refractivity contribution in [3.63, 3.8) is 0 Å². The summed E-state index contributed by atoms with van der Waals surface area (Å²) in [6.07, 6.45) is 0.626. The lowest BCUT2D eigenvalue weighted by atomic mass is 9.80. The maximum absolute atomic E-state index is 13.6. The van der Waals surface area contributed by atoms with E-state index >= 15 is 0 Å². The number of hydroxylamine groups is 6. The Kier molecular flexibility index (Phi) is 12.0. The number of carbonyl (C=O) groups is 3. The Bertz CT molecular complexity index is 1030. The Morgan fingerprint density at radius 3 is 1.56 bits per heavy atom. The summed E-state index contributed by atoms with van der Waals surface area (Å²) in [4.78, 5) is 40.2. The predicted octanol–water partition coefficient (Wildman–Crippen LogP) is 5.49. The van der Waals surface area contributed by atoms with Crippen LogP contribution in [0.2, 0.25) is 0 Å². The van der Waals surface area contributed by atoms with Gasteiger partial charge in [-0.1, -0.05) is 6.92 Å². The van der Waals surface area contributed by atoms with Crippen LogP contribution >= 0.6 is 0 Å². The van der Waals surface area contributed by atoms with Crippen molar-refractivity contribution in [3.8, 4) is 0 Å². The Balaban J connectivity index is 2.21. The number of ether oxygens (including phenoxy) is 3. The number of hydrogen-bond acceptors (Lipinski definition) is 12. The summed E-state index contributed by atoms with van der Waals surface area (Å²) in [5, 5.41) is 35.9. The van der Waals surface area contributed by atoms with Crippen molar-refractivity contribution in [2.75, 3.05) is 6.61 Å². The molecule has 2 saturated heterocycles. The molecule has 0 amide bonds. The van der Waals surface area contributed by atoms with Gasteiger partial charge in [-0.2, -0.15) is 15.2 Å². The molecule has 2 fully saturated rings. The first kappa shape index (κ1) is 39.3. The highest BCUT2D eigenvalue weighted by Crippen LogP contribution is 2.40. The first-order valence-corrected chi connectivity index (χ1v) is 16.2. The number of hydrogen-bond donors (Lipinski definition) is 3. The molecule has 2 rings (SSSR count). The van der Waals surface area contributed by atoms with Gasteiger partial charge in [0.25, 0.3) is 0 Å². The molecule has 1 unspecified atom stereocenters. The van der Waals surface area contributed by atoms with Crippen LogP contribution in [0.5, 0.6) is 0 Å². The van der Waals surface area contributed by atoms with E-state index in [1.165, 1.54) is 15.2 Å². The van der Waals surface area contributed by atoms with Crippen LogP contribution in [0.4, 0.5) is 0 Å². The summed E-state index contributed by atoms with van der Waals surface area (Å²) in [5.74, 6) is -4.10. The van der Waals surface area contributed by atoms with E-state index in [2.05, 4.69) is 0 Å². The molecular weight excluding hydrogens is 582 g/mol. The zero-order valence-electron chi connectivity index (χ0n) is 30.0. The maximum Gasteiger partial charge on any atom is 0.321 e. The van der Waals surface area contributed by atoms with Crippen LogP contribution in [0.1, 0.15) is 135 Å². The minimum atomic E-state index is -1.56. The average Bonchev–Trinajstić information content (AvgIpc) is 2.87. The summed E-state index contributed by atoms with van der Waals surface area (Å²) in [6, 6.07) is 0. The topological polar surface area (TPSA) is 149 Å². The van der Waals surface area contributed by atoms with Gasteiger partial charge in [-0.05, 0) is 89.5 Å². The molecule has 0 aromatic rings. The lowest BCUT2D eigenvalue weighted by molar-refractivity contribution is -0.260. The molecule has 0 radical (unpaired) electrons. The van der Waals surface area contributed by atoms with Gasteiger partial charge in [-0.3, -0.25) is 14.4 Å². The fraction of sp³-hybridized carbons (Fsp3) is 0.909. The zero-order chi connectivity index (χ0) is 35.0. The van der Waals surface area contributed by atoms with Gasteiger partial charge < -0.3 is 29.8 Å². The Hall–Kier alpha value is -1.83. The van der Waals surface area contributed by atoms with Gasteiger partial charge in [0.15, 0.2) is 5.92 Å². The van der Waals surface area contributed by atoms with Gasteiger partial charge in [-0.15, -0.1) is 0 Å². The molecule has 45 heavy (non-hydrogen) atoms. The van der Waals surface area contributed by atoms with E-state index in [1.54, 1.807) is 0 Å². The van der Waals surface area contributed by atoms with Gasteiger partial charge in [-0.25, -0.2) is 0 Å². The van der Waals surface area contributed by atoms with Crippen LogP contribution in [0, 0.1) is 5.92 Å². The minimum Gasteiger partial charge on any atom is -0.465 e. The van der Waals surface area contributed by atoms with Crippen molar-refractivity contribution in [3.05, 3.63) is 0 Å². The molecule has 262 valence electrons. The Labute approximate surface area is 270 Å². The normalized spacial score (nSPS) is 23.4. The van der Waals surface area contributed by atoms with E-state index < -0.39 is 75.7 Å². The maximum atomic E-state index is 13.6. The molecule has 0 aromatic carbocycles. The fourth-order valence-corrected chi connectivity index (χ4v) is 7.01. The van der Waals surface area contributed by atoms with Crippen LogP contribution in [-0.2, 0) is 28.6 Å². The molecule has 2 aliphatic rings. The highest BCUT2D eigenvalue weighted by molar-refractivity contribution is 5.98. The van der Waals surface area contributed by atoms with Crippen LogP contribution in [0.25, 0.3) is 0 Å². The lowest BCUT2D eigenvalue weighted by Crippen LogP contribution is -2.61. The summed E-state index contributed by atoms with van der Waals surface area (Å²) < 4.78 is 17.2. The Morgan fingerprint density at radius 1 is 0.756 bits per heavy atom. The average molecular weight is 644 g/mol. The largest absolute Gasteiger partial charge is 0.465 e. The second kappa shape index (κ2) is 13.7. The third kappa shape index (κ3) is 9.60. The van der Waals surface area contributed by atoms with Crippen molar-refractivity contribution in [1.29, 1.82) is 0 Å². The van der Waals surface area contributed by atoms with Crippen molar-refractivity contribution >= 4 is 17.9 Å². The van der Waals surface area contributed by atoms with E-state index in [0.29, 0.717) is 32.1 Å². The molecule has 0 aromatic heterocycles. The molecule has 0 bridgehead atoms. The molecule has 0 aliphatic carbocycles. The quantitative estimate of drug-likeness (QED) is 0.107. The molecule has 1 atom stereocenters. The standard InChI is InChI=1S/C33H61N3O9/c1-14-28(2,3)34(40)29(4,5)15-16-43-26(38)24(27(39)45-23-20-32(10,11)36(42)33(12,13)21-23)17-25(37)44-22-18-30(6,7)35(41)31(8,9)19-22/h22-24,40-42H,14-21H2,1-13H3. The number of piperidine rings is 2. The molecule has 3 N–H and O–H groups in total. The Morgan fingerprint density at radius 2 is 1.16 bits per heavy atom. The smallest absolute Gasteiger partial charge is 0.321 e. The molecule has 0 saturated carbocycles. The molecule has 2 aliphatic heterocycles. The van der Waals surface area contributed by atoms with Crippen molar-refractivity contribution in [1.82, 2.24) is 15.2 Å². The van der Waals surface area contributed by atoms with Crippen LogP contribution < -0.4 is 0 Å². The van der Waals surface area contributed by atoms with Crippen LogP contribution in [0.15, 0.2) is 0 Å². The van der Waals surface area contributed by atoms with Gasteiger partial charge >= 0.3 is 17.9 Å². The first-order valence-electron chi connectivity index (χ1n) is 16.2. The van der Waals surface area contributed by atoms with E-state index in [0.717, 1.165) is 0 Å². The van der Waals surface area contributed by atoms with Crippen molar-refractivity contribution in [2.24, 2.45) is 5.92 Å². The number of rotatable bonds is 12. The highest BCUT2D eigenvalue weighted by Gasteiger charge is 2.49. The number of carbonyl (C=O) groups excluding carboxylic acids is 3. The number of esters is 3. The molecular formula is C33H61N3O9. The molecule has 0 spiro atoms. The fourth-order valence-electron chi connectivity index (χ4n) is 7.01. The molecule has 2 heterocycles. The highest BCUT2D eigenvalue weighted by atomic mass is 16.6. The lowest BCUT2D eigenvalue weighted by Gasteiger charge is -2.51. The molecule has 12 nitrogen and oxygen atoms in total. The summed E-state index contributed by atoms with van der Waals surface area (Å²) in [5.41, 5.74) is -3.97. The van der Waals surface area contributed by atoms with Crippen LogP contribution in [-0.4, -0.2) is 101 Å².